The van der Waals surface area contributed by atoms with Gasteiger partial charge in [0.1, 0.15) is 0 Å². The van der Waals surface area contributed by atoms with Crippen molar-refractivity contribution in [2.24, 2.45) is 0 Å². The second kappa shape index (κ2) is 9.30. The average molecular weight is 282 g/mol. The molecule has 0 saturated carbocycles. The summed E-state index contributed by atoms with van der Waals surface area (Å²) in [4.78, 5) is 4.41. The number of nitrogens with one attached hydrogen (secondary N) is 1. The molecule has 1 unspecified atom stereocenters. The van der Waals surface area contributed by atoms with Crippen molar-refractivity contribution in [3.05, 3.63) is 66.0 Å². The lowest BCUT2D eigenvalue weighted by molar-refractivity contribution is 0.450. The Morgan fingerprint density at radius 2 is 1.76 bits per heavy atom. The zero-order valence-corrected chi connectivity index (χ0v) is 13.0. The SMILES string of the molecule is CCNC(CCCc1ccccc1)CCc1ccccn1. The first-order valence-electron chi connectivity index (χ1n) is 8.05. The maximum Gasteiger partial charge on any atom is 0.0404 e. The van der Waals surface area contributed by atoms with Gasteiger partial charge in [-0.2, -0.15) is 0 Å². The van der Waals surface area contributed by atoms with E-state index in [9.17, 15) is 0 Å². The third-order valence-corrected chi connectivity index (χ3v) is 3.83. The standard InChI is InChI=1S/C19H26N2/c1-2-20-18(14-15-19-12-6-7-16-21-19)13-8-11-17-9-4-3-5-10-17/h3-7,9-10,12,16,18,20H,2,8,11,13-15H2,1H3. The maximum absolute atomic E-state index is 4.41. The summed E-state index contributed by atoms with van der Waals surface area (Å²) < 4.78 is 0. The molecule has 0 aliphatic heterocycles. The van der Waals surface area contributed by atoms with Crippen LogP contribution < -0.4 is 5.32 Å². The number of aromatic nitrogens is 1. The van der Waals surface area contributed by atoms with E-state index in [-0.39, 0.29) is 0 Å². The Morgan fingerprint density at radius 3 is 2.48 bits per heavy atom. The van der Waals surface area contributed by atoms with Gasteiger partial charge >= 0.3 is 0 Å². The molecule has 0 fully saturated rings. The van der Waals surface area contributed by atoms with Crippen LogP contribution in [0.15, 0.2) is 54.7 Å². The van der Waals surface area contributed by atoms with Gasteiger partial charge < -0.3 is 5.32 Å². The molecule has 0 radical (unpaired) electrons. The molecule has 1 heterocycles. The number of hydrogen-bond donors (Lipinski definition) is 1. The van der Waals surface area contributed by atoms with Crippen molar-refractivity contribution < 1.29 is 0 Å². The highest BCUT2D eigenvalue weighted by Crippen LogP contribution is 2.10. The maximum atomic E-state index is 4.41. The average Bonchev–Trinajstić information content (AvgIpc) is 2.54. The second-order valence-electron chi connectivity index (χ2n) is 5.49. The smallest absolute Gasteiger partial charge is 0.0404 e. The Morgan fingerprint density at radius 1 is 0.952 bits per heavy atom. The molecule has 2 aromatic rings. The van der Waals surface area contributed by atoms with Crippen LogP contribution >= 0.6 is 0 Å². The number of hydrogen-bond acceptors (Lipinski definition) is 2. The summed E-state index contributed by atoms with van der Waals surface area (Å²) >= 11 is 0. The van der Waals surface area contributed by atoms with Crippen LogP contribution in [0.5, 0.6) is 0 Å². The van der Waals surface area contributed by atoms with Gasteiger partial charge in [0.25, 0.3) is 0 Å². The van der Waals surface area contributed by atoms with Crippen LogP contribution in [0.2, 0.25) is 0 Å². The molecule has 112 valence electrons. The zero-order valence-electron chi connectivity index (χ0n) is 13.0. The van der Waals surface area contributed by atoms with E-state index in [1.165, 1.54) is 36.9 Å². The molecule has 0 saturated heterocycles. The molecule has 0 aliphatic rings. The van der Waals surface area contributed by atoms with Crippen molar-refractivity contribution >= 4 is 0 Å². The van der Waals surface area contributed by atoms with Crippen molar-refractivity contribution in [1.29, 1.82) is 0 Å². The molecule has 1 N–H and O–H groups in total. The van der Waals surface area contributed by atoms with Gasteiger partial charge in [0.05, 0.1) is 0 Å². The van der Waals surface area contributed by atoms with Gasteiger partial charge in [-0.3, -0.25) is 4.98 Å². The summed E-state index contributed by atoms with van der Waals surface area (Å²) in [6.07, 6.45) is 7.75. The summed E-state index contributed by atoms with van der Waals surface area (Å²) in [7, 11) is 0. The molecule has 1 atom stereocenters. The lowest BCUT2D eigenvalue weighted by Crippen LogP contribution is -2.29. The van der Waals surface area contributed by atoms with E-state index in [2.05, 4.69) is 59.7 Å². The summed E-state index contributed by atoms with van der Waals surface area (Å²) in [6.45, 7) is 3.23. The third kappa shape index (κ3) is 6.09. The topological polar surface area (TPSA) is 24.9 Å². The predicted molar refractivity (Wildman–Crippen MR) is 89.4 cm³/mol. The second-order valence-corrected chi connectivity index (χ2v) is 5.49. The minimum absolute atomic E-state index is 0.598. The summed E-state index contributed by atoms with van der Waals surface area (Å²) in [5.41, 5.74) is 2.64. The summed E-state index contributed by atoms with van der Waals surface area (Å²) in [6, 6.07) is 17.5. The minimum Gasteiger partial charge on any atom is -0.314 e. The lowest BCUT2D eigenvalue weighted by atomic mass is 10.0. The van der Waals surface area contributed by atoms with Gasteiger partial charge in [0.2, 0.25) is 0 Å². The zero-order chi connectivity index (χ0) is 14.8. The Bertz CT molecular complexity index is 481. The molecule has 21 heavy (non-hydrogen) atoms. The van der Waals surface area contributed by atoms with Gasteiger partial charge in [-0.25, -0.2) is 0 Å². The van der Waals surface area contributed by atoms with E-state index in [0.29, 0.717) is 6.04 Å². The lowest BCUT2D eigenvalue weighted by Gasteiger charge is -2.17. The van der Waals surface area contributed by atoms with Gasteiger partial charge in [-0.1, -0.05) is 43.3 Å². The quantitative estimate of drug-likeness (QED) is 0.751. The minimum atomic E-state index is 0.598. The van der Waals surface area contributed by atoms with E-state index >= 15 is 0 Å². The highest BCUT2D eigenvalue weighted by Gasteiger charge is 2.08. The molecule has 0 bridgehead atoms. The number of nitrogens with zero attached hydrogens (tertiary/aromatic N) is 1. The van der Waals surface area contributed by atoms with Crippen molar-refractivity contribution in [2.75, 3.05) is 6.54 Å². The van der Waals surface area contributed by atoms with Gasteiger partial charge in [0.15, 0.2) is 0 Å². The molecule has 2 rings (SSSR count). The largest absolute Gasteiger partial charge is 0.314 e. The first-order chi connectivity index (χ1) is 10.4. The van der Waals surface area contributed by atoms with E-state index in [1.54, 1.807) is 0 Å². The molecule has 0 aliphatic carbocycles. The van der Waals surface area contributed by atoms with Crippen molar-refractivity contribution in [3.8, 4) is 0 Å². The van der Waals surface area contributed by atoms with E-state index in [1.807, 2.05) is 12.3 Å². The third-order valence-electron chi connectivity index (χ3n) is 3.83. The van der Waals surface area contributed by atoms with Crippen LogP contribution in [0.25, 0.3) is 0 Å². The first-order valence-corrected chi connectivity index (χ1v) is 8.05. The van der Waals surface area contributed by atoms with Crippen LogP contribution in [-0.2, 0) is 12.8 Å². The summed E-state index contributed by atoms with van der Waals surface area (Å²) in [5, 5.41) is 3.61. The molecular weight excluding hydrogens is 256 g/mol. The highest BCUT2D eigenvalue weighted by atomic mass is 14.9. The predicted octanol–water partition coefficient (Wildman–Crippen LogP) is 4.02. The first kappa shape index (κ1) is 15.7. The normalized spacial score (nSPS) is 12.2. The Kier molecular flexibility index (Phi) is 6.96. The van der Waals surface area contributed by atoms with Crippen LogP contribution in [0.4, 0.5) is 0 Å². The van der Waals surface area contributed by atoms with Crippen LogP contribution in [-0.4, -0.2) is 17.6 Å². The molecule has 1 aromatic heterocycles. The Hall–Kier alpha value is -1.67. The van der Waals surface area contributed by atoms with E-state index in [0.717, 1.165) is 13.0 Å². The Balaban J connectivity index is 1.73. The molecule has 0 amide bonds. The fraction of sp³-hybridized carbons (Fsp3) is 0.421. The van der Waals surface area contributed by atoms with Crippen LogP contribution in [0.1, 0.15) is 37.4 Å². The summed E-state index contributed by atoms with van der Waals surface area (Å²) in [5.74, 6) is 0. The van der Waals surface area contributed by atoms with Crippen molar-refractivity contribution in [3.63, 3.8) is 0 Å². The Labute approximate surface area is 128 Å². The fourth-order valence-electron chi connectivity index (χ4n) is 2.70. The number of aryl methyl sites for hydroxylation is 2. The fourth-order valence-corrected chi connectivity index (χ4v) is 2.70. The van der Waals surface area contributed by atoms with E-state index < -0.39 is 0 Å². The number of benzene rings is 1. The van der Waals surface area contributed by atoms with Crippen molar-refractivity contribution in [2.45, 2.75) is 45.1 Å². The van der Waals surface area contributed by atoms with Gasteiger partial charge in [0, 0.05) is 17.9 Å². The van der Waals surface area contributed by atoms with Gasteiger partial charge in [-0.15, -0.1) is 0 Å². The van der Waals surface area contributed by atoms with Gasteiger partial charge in [-0.05, 0) is 56.3 Å². The molecular formula is C19H26N2. The molecule has 2 nitrogen and oxygen atoms in total. The van der Waals surface area contributed by atoms with Crippen molar-refractivity contribution in [1.82, 2.24) is 10.3 Å². The highest BCUT2D eigenvalue weighted by molar-refractivity contribution is 5.14. The molecule has 2 heteroatoms. The molecule has 0 spiro atoms. The molecule has 1 aromatic carbocycles. The monoisotopic (exact) mass is 282 g/mol. The number of rotatable bonds is 9. The van der Waals surface area contributed by atoms with Crippen LogP contribution in [0.3, 0.4) is 0 Å². The van der Waals surface area contributed by atoms with E-state index in [4.69, 9.17) is 0 Å². The number of pyridine rings is 1. The van der Waals surface area contributed by atoms with Crippen LogP contribution in [0, 0.1) is 0 Å².